The van der Waals surface area contributed by atoms with Gasteiger partial charge in [-0.3, -0.25) is 4.79 Å². The minimum absolute atomic E-state index is 0.0113. The number of halogens is 1. The SMILES string of the molecule is Cc1nc(N2CCC(N(C)C)CC2)nc2ccc(NC(=O)CCc3cc(Cl)cs3)cc12. The molecule has 0 atom stereocenters. The molecule has 2 aromatic heterocycles. The molecule has 164 valence electrons. The normalized spacial score (nSPS) is 15.1. The van der Waals surface area contributed by atoms with E-state index in [4.69, 9.17) is 21.6 Å². The second-order valence-corrected chi connectivity index (χ2v) is 9.73. The van der Waals surface area contributed by atoms with E-state index >= 15 is 0 Å². The number of fused-ring (bicyclic) bond motifs is 1. The monoisotopic (exact) mass is 457 g/mol. The van der Waals surface area contributed by atoms with Gasteiger partial charge in [0.25, 0.3) is 0 Å². The molecule has 0 unspecified atom stereocenters. The Balaban J connectivity index is 1.42. The molecule has 31 heavy (non-hydrogen) atoms. The Morgan fingerprint density at radius 1 is 1.26 bits per heavy atom. The number of rotatable bonds is 6. The lowest BCUT2D eigenvalue weighted by Crippen LogP contribution is -2.42. The third-order valence-electron chi connectivity index (χ3n) is 5.86. The molecule has 1 fully saturated rings. The van der Waals surface area contributed by atoms with Crippen molar-refractivity contribution in [3.05, 3.63) is 45.2 Å². The highest BCUT2D eigenvalue weighted by molar-refractivity contribution is 7.10. The smallest absolute Gasteiger partial charge is 0.226 e. The minimum Gasteiger partial charge on any atom is -0.341 e. The number of hydrogen-bond donors (Lipinski definition) is 1. The van der Waals surface area contributed by atoms with Gasteiger partial charge in [0.2, 0.25) is 11.9 Å². The molecule has 6 nitrogen and oxygen atoms in total. The van der Waals surface area contributed by atoms with Crippen molar-refractivity contribution in [2.45, 2.75) is 38.6 Å². The van der Waals surface area contributed by atoms with Crippen LogP contribution in [-0.4, -0.2) is 54.0 Å². The first kappa shape index (κ1) is 22.0. The van der Waals surface area contributed by atoms with E-state index in [-0.39, 0.29) is 5.91 Å². The predicted octanol–water partition coefficient (Wildman–Crippen LogP) is 4.75. The van der Waals surface area contributed by atoms with Gasteiger partial charge in [0, 0.05) is 46.9 Å². The highest BCUT2D eigenvalue weighted by Gasteiger charge is 2.22. The van der Waals surface area contributed by atoms with Crippen LogP contribution in [0.1, 0.15) is 29.8 Å². The zero-order valence-electron chi connectivity index (χ0n) is 18.2. The Bertz CT molecular complexity index is 1080. The fraction of sp³-hybridized carbons (Fsp3) is 0.435. The van der Waals surface area contributed by atoms with E-state index in [1.54, 1.807) is 11.3 Å². The van der Waals surface area contributed by atoms with E-state index in [0.717, 1.165) is 64.1 Å². The van der Waals surface area contributed by atoms with Gasteiger partial charge in [-0.2, -0.15) is 0 Å². The summed E-state index contributed by atoms with van der Waals surface area (Å²) >= 11 is 7.53. The molecule has 0 bridgehead atoms. The van der Waals surface area contributed by atoms with Crippen molar-refractivity contribution in [1.29, 1.82) is 0 Å². The molecule has 0 radical (unpaired) electrons. The highest BCUT2D eigenvalue weighted by atomic mass is 35.5. The van der Waals surface area contributed by atoms with E-state index in [2.05, 4.69) is 29.2 Å². The fourth-order valence-corrected chi connectivity index (χ4v) is 5.09. The third kappa shape index (κ3) is 5.34. The molecule has 8 heteroatoms. The zero-order chi connectivity index (χ0) is 22.0. The molecular weight excluding hydrogens is 430 g/mol. The van der Waals surface area contributed by atoms with Gasteiger partial charge in [0.05, 0.1) is 16.2 Å². The summed E-state index contributed by atoms with van der Waals surface area (Å²) in [6.07, 6.45) is 3.35. The van der Waals surface area contributed by atoms with Gasteiger partial charge in [-0.25, -0.2) is 9.97 Å². The number of carbonyl (C=O) groups excluding carboxylic acids is 1. The van der Waals surface area contributed by atoms with Crippen LogP contribution in [0.5, 0.6) is 0 Å². The van der Waals surface area contributed by atoms with Crippen molar-refractivity contribution in [2.75, 3.05) is 37.4 Å². The summed E-state index contributed by atoms with van der Waals surface area (Å²) in [5.74, 6) is 0.788. The Morgan fingerprint density at radius 2 is 2.03 bits per heavy atom. The van der Waals surface area contributed by atoms with Crippen LogP contribution < -0.4 is 10.2 Å². The van der Waals surface area contributed by atoms with E-state index in [1.807, 2.05) is 36.6 Å². The van der Waals surface area contributed by atoms with Crippen LogP contribution in [0.4, 0.5) is 11.6 Å². The lowest BCUT2D eigenvalue weighted by atomic mass is 10.0. The molecule has 1 aromatic carbocycles. The Morgan fingerprint density at radius 3 is 2.71 bits per heavy atom. The standard InChI is InChI=1S/C23H28ClN5OS/c1-15-20-13-17(26-22(30)7-5-19-12-16(24)14-31-19)4-6-21(20)27-23(25-15)29-10-8-18(9-11-29)28(2)3/h4,6,12-14,18H,5,7-11H2,1-3H3,(H,26,30). The molecule has 1 aliphatic heterocycles. The van der Waals surface area contributed by atoms with E-state index in [1.165, 1.54) is 0 Å². The lowest BCUT2D eigenvalue weighted by molar-refractivity contribution is -0.116. The van der Waals surface area contributed by atoms with Crippen LogP contribution >= 0.6 is 22.9 Å². The summed E-state index contributed by atoms with van der Waals surface area (Å²) in [6, 6.07) is 8.38. The Kier molecular flexibility index (Phi) is 6.74. The molecule has 0 aliphatic carbocycles. The second-order valence-electron chi connectivity index (χ2n) is 8.30. The number of thiophene rings is 1. The molecule has 1 N–H and O–H groups in total. The van der Waals surface area contributed by atoms with Crippen LogP contribution in [-0.2, 0) is 11.2 Å². The molecular formula is C23H28ClN5OS. The third-order valence-corrected chi connectivity index (χ3v) is 7.20. The first-order valence-corrected chi connectivity index (χ1v) is 11.9. The van der Waals surface area contributed by atoms with Gasteiger partial charge >= 0.3 is 0 Å². The highest BCUT2D eigenvalue weighted by Crippen LogP contribution is 2.25. The maximum absolute atomic E-state index is 12.4. The summed E-state index contributed by atoms with van der Waals surface area (Å²) in [7, 11) is 4.29. The van der Waals surface area contributed by atoms with Crippen LogP contribution in [0.25, 0.3) is 10.9 Å². The maximum Gasteiger partial charge on any atom is 0.226 e. The number of hydrogen-bond acceptors (Lipinski definition) is 6. The molecule has 1 aliphatic rings. The first-order valence-electron chi connectivity index (χ1n) is 10.6. The molecule has 3 aromatic rings. The first-order chi connectivity index (χ1) is 14.9. The maximum atomic E-state index is 12.4. The van der Waals surface area contributed by atoms with Gasteiger partial charge < -0.3 is 15.1 Å². The van der Waals surface area contributed by atoms with Gasteiger partial charge in [-0.05, 0) is 64.5 Å². The Labute approximate surface area is 192 Å². The predicted molar refractivity (Wildman–Crippen MR) is 129 cm³/mol. The summed E-state index contributed by atoms with van der Waals surface area (Å²) in [5.41, 5.74) is 2.61. The zero-order valence-corrected chi connectivity index (χ0v) is 19.8. The topological polar surface area (TPSA) is 61.4 Å². The average molecular weight is 458 g/mol. The van der Waals surface area contributed by atoms with Gasteiger partial charge in [-0.1, -0.05) is 11.6 Å². The number of aromatic nitrogens is 2. The summed E-state index contributed by atoms with van der Waals surface area (Å²) < 4.78 is 0. The molecule has 0 saturated carbocycles. The van der Waals surface area contributed by atoms with Crippen molar-refractivity contribution in [3.8, 4) is 0 Å². The number of aryl methyl sites for hydroxylation is 2. The molecule has 3 heterocycles. The largest absolute Gasteiger partial charge is 0.341 e. The van der Waals surface area contributed by atoms with Crippen molar-refractivity contribution in [2.24, 2.45) is 0 Å². The van der Waals surface area contributed by atoms with Gasteiger partial charge in [0.1, 0.15) is 0 Å². The number of nitrogens with zero attached hydrogens (tertiary/aromatic N) is 4. The molecule has 0 spiro atoms. The van der Waals surface area contributed by atoms with Crippen LogP contribution in [0.3, 0.4) is 0 Å². The molecule has 1 amide bonds. The summed E-state index contributed by atoms with van der Waals surface area (Å²) in [4.78, 5) is 27.6. The van der Waals surface area contributed by atoms with E-state index in [9.17, 15) is 4.79 Å². The van der Waals surface area contributed by atoms with Crippen LogP contribution in [0.2, 0.25) is 5.02 Å². The number of carbonyl (C=O) groups is 1. The number of amides is 1. The quantitative estimate of drug-likeness (QED) is 0.578. The summed E-state index contributed by atoms with van der Waals surface area (Å²) in [5, 5.41) is 6.58. The van der Waals surface area contributed by atoms with Crippen molar-refractivity contribution in [1.82, 2.24) is 14.9 Å². The number of benzene rings is 1. The van der Waals surface area contributed by atoms with Crippen molar-refractivity contribution < 1.29 is 4.79 Å². The minimum atomic E-state index is -0.0113. The van der Waals surface area contributed by atoms with Crippen molar-refractivity contribution >= 4 is 51.4 Å². The van der Waals surface area contributed by atoms with Gasteiger partial charge in [-0.15, -0.1) is 11.3 Å². The number of anilines is 2. The van der Waals surface area contributed by atoms with E-state index < -0.39 is 0 Å². The lowest BCUT2D eigenvalue weighted by Gasteiger charge is -2.35. The van der Waals surface area contributed by atoms with E-state index in [0.29, 0.717) is 18.9 Å². The molecule has 1 saturated heterocycles. The number of nitrogens with one attached hydrogen (secondary N) is 1. The summed E-state index contributed by atoms with van der Waals surface area (Å²) in [6.45, 7) is 3.95. The molecule has 4 rings (SSSR count). The Hall–Kier alpha value is -2.22. The van der Waals surface area contributed by atoms with Crippen LogP contribution in [0, 0.1) is 6.92 Å². The average Bonchev–Trinajstić information content (AvgIpc) is 3.18. The van der Waals surface area contributed by atoms with Crippen molar-refractivity contribution in [3.63, 3.8) is 0 Å². The second kappa shape index (κ2) is 9.51. The number of piperidine rings is 1. The van der Waals surface area contributed by atoms with Crippen LogP contribution in [0.15, 0.2) is 29.6 Å². The van der Waals surface area contributed by atoms with Gasteiger partial charge in [0.15, 0.2) is 0 Å². The fourth-order valence-electron chi connectivity index (χ4n) is 4.01.